The van der Waals surface area contributed by atoms with E-state index >= 15 is 0 Å². The van der Waals surface area contributed by atoms with Crippen molar-refractivity contribution in [2.75, 3.05) is 7.11 Å². The van der Waals surface area contributed by atoms with E-state index in [1.54, 1.807) is 18.2 Å². The molecule has 1 N–H and O–H groups in total. The minimum atomic E-state index is -0.337. The summed E-state index contributed by atoms with van der Waals surface area (Å²) in [6.45, 7) is 0. The predicted molar refractivity (Wildman–Crippen MR) is 97.0 cm³/mol. The molecule has 3 aromatic rings. The van der Waals surface area contributed by atoms with E-state index in [2.05, 4.69) is 10.5 Å². The Hall–Kier alpha value is -2.85. The topological polar surface area (TPSA) is 50.7 Å². The standard InChI is InChI=1S/C19H15ClN2O2/c1-24-18-11-15-7-3-2-6-14(15)10-17(18)19(23)22-21-12-13-5-4-8-16(20)9-13/h2-12H,1H3,(H,22,23)/b21-12-. The van der Waals surface area contributed by atoms with Crippen LogP contribution >= 0.6 is 11.6 Å². The van der Waals surface area contributed by atoms with Gasteiger partial charge in [-0.15, -0.1) is 0 Å². The largest absolute Gasteiger partial charge is 0.496 e. The third-order valence-corrected chi connectivity index (χ3v) is 3.78. The number of carbonyl (C=O) groups excluding carboxylic acids is 1. The maximum Gasteiger partial charge on any atom is 0.275 e. The zero-order valence-electron chi connectivity index (χ0n) is 13.0. The van der Waals surface area contributed by atoms with Gasteiger partial charge in [-0.1, -0.05) is 48.0 Å². The average molecular weight is 339 g/mol. The number of halogens is 1. The minimum absolute atomic E-state index is 0.337. The second-order valence-electron chi connectivity index (χ2n) is 5.15. The number of methoxy groups -OCH3 is 1. The summed E-state index contributed by atoms with van der Waals surface area (Å²) in [7, 11) is 1.54. The fraction of sp³-hybridized carbons (Fsp3) is 0.0526. The Morgan fingerprint density at radius 1 is 1.08 bits per heavy atom. The van der Waals surface area contributed by atoms with Crippen LogP contribution in [0.3, 0.4) is 0 Å². The lowest BCUT2D eigenvalue weighted by Crippen LogP contribution is -2.18. The van der Waals surface area contributed by atoms with Crippen LogP contribution in [0.5, 0.6) is 5.75 Å². The van der Waals surface area contributed by atoms with Crippen LogP contribution in [0.1, 0.15) is 15.9 Å². The highest BCUT2D eigenvalue weighted by Gasteiger charge is 2.13. The summed E-state index contributed by atoms with van der Waals surface area (Å²) in [5, 5.41) is 6.56. The normalized spacial score (nSPS) is 10.9. The van der Waals surface area contributed by atoms with E-state index in [0.717, 1.165) is 16.3 Å². The van der Waals surface area contributed by atoms with Crippen LogP contribution in [0.2, 0.25) is 5.02 Å². The van der Waals surface area contributed by atoms with E-state index in [0.29, 0.717) is 16.3 Å². The van der Waals surface area contributed by atoms with Gasteiger partial charge in [0.25, 0.3) is 5.91 Å². The molecule has 1 amide bonds. The minimum Gasteiger partial charge on any atom is -0.496 e. The quantitative estimate of drug-likeness (QED) is 0.570. The van der Waals surface area contributed by atoms with Crippen LogP contribution in [0.4, 0.5) is 0 Å². The van der Waals surface area contributed by atoms with Crippen molar-refractivity contribution < 1.29 is 9.53 Å². The zero-order chi connectivity index (χ0) is 16.9. The number of hydrogen-bond donors (Lipinski definition) is 1. The molecule has 4 nitrogen and oxygen atoms in total. The van der Waals surface area contributed by atoms with Crippen LogP contribution in [0.25, 0.3) is 10.8 Å². The number of benzene rings is 3. The van der Waals surface area contributed by atoms with E-state index in [1.807, 2.05) is 42.5 Å². The summed E-state index contributed by atoms with van der Waals surface area (Å²) in [4.78, 5) is 12.4. The molecule has 0 fully saturated rings. The lowest BCUT2D eigenvalue weighted by Gasteiger charge is -2.09. The Morgan fingerprint density at radius 2 is 1.83 bits per heavy atom. The second kappa shape index (κ2) is 7.15. The van der Waals surface area contributed by atoms with E-state index in [1.165, 1.54) is 13.3 Å². The summed E-state index contributed by atoms with van der Waals surface area (Å²) in [6, 6.07) is 18.6. The number of nitrogens with zero attached hydrogens (tertiary/aromatic N) is 1. The Labute approximate surface area is 144 Å². The van der Waals surface area contributed by atoms with Crippen molar-refractivity contribution in [2.24, 2.45) is 5.10 Å². The molecule has 0 unspecified atom stereocenters. The van der Waals surface area contributed by atoms with Gasteiger partial charge in [0.1, 0.15) is 5.75 Å². The van der Waals surface area contributed by atoms with Gasteiger partial charge in [-0.05, 0) is 40.6 Å². The smallest absolute Gasteiger partial charge is 0.275 e. The summed E-state index contributed by atoms with van der Waals surface area (Å²) >= 11 is 5.91. The molecule has 0 saturated heterocycles. The molecular formula is C19H15ClN2O2. The van der Waals surface area contributed by atoms with Crippen LogP contribution in [0, 0.1) is 0 Å². The van der Waals surface area contributed by atoms with Gasteiger partial charge >= 0.3 is 0 Å². The highest BCUT2D eigenvalue weighted by atomic mass is 35.5. The number of rotatable bonds is 4. The van der Waals surface area contributed by atoms with Crippen LogP contribution in [-0.2, 0) is 0 Å². The number of hydrogen-bond acceptors (Lipinski definition) is 3. The summed E-state index contributed by atoms with van der Waals surface area (Å²) in [5.41, 5.74) is 3.74. The van der Waals surface area contributed by atoms with Gasteiger partial charge in [-0.25, -0.2) is 5.43 Å². The first kappa shape index (κ1) is 16.0. The third kappa shape index (κ3) is 3.55. The molecule has 0 aliphatic heterocycles. The van der Waals surface area contributed by atoms with Crippen LogP contribution < -0.4 is 10.2 Å². The number of fused-ring (bicyclic) bond motifs is 1. The molecule has 24 heavy (non-hydrogen) atoms. The lowest BCUT2D eigenvalue weighted by atomic mass is 10.1. The molecule has 0 bridgehead atoms. The van der Waals surface area contributed by atoms with E-state index in [9.17, 15) is 4.79 Å². The number of amides is 1. The van der Waals surface area contributed by atoms with Crippen molar-refractivity contribution in [3.8, 4) is 5.75 Å². The molecule has 3 aromatic carbocycles. The Morgan fingerprint density at radius 3 is 2.54 bits per heavy atom. The molecule has 3 rings (SSSR count). The summed E-state index contributed by atoms with van der Waals surface area (Å²) in [6.07, 6.45) is 1.54. The highest BCUT2D eigenvalue weighted by Crippen LogP contribution is 2.25. The van der Waals surface area contributed by atoms with Crippen molar-refractivity contribution in [2.45, 2.75) is 0 Å². The molecule has 5 heteroatoms. The fourth-order valence-corrected chi connectivity index (χ4v) is 2.58. The lowest BCUT2D eigenvalue weighted by molar-refractivity contribution is 0.0952. The Bertz CT molecular complexity index is 922. The summed E-state index contributed by atoms with van der Waals surface area (Å²) in [5.74, 6) is 0.167. The van der Waals surface area contributed by atoms with Crippen molar-refractivity contribution in [3.63, 3.8) is 0 Å². The Balaban J connectivity index is 1.83. The molecule has 0 heterocycles. The third-order valence-electron chi connectivity index (χ3n) is 3.54. The van der Waals surface area contributed by atoms with Crippen LogP contribution in [0.15, 0.2) is 65.8 Å². The molecule has 0 aliphatic carbocycles. The molecule has 120 valence electrons. The first-order valence-corrected chi connectivity index (χ1v) is 7.71. The first-order valence-electron chi connectivity index (χ1n) is 7.33. The van der Waals surface area contributed by atoms with Gasteiger partial charge in [0.05, 0.1) is 18.9 Å². The van der Waals surface area contributed by atoms with Gasteiger partial charge in [0.15, 0.2) is 0 Å². The van der Waals surface area contributed by atoms with E-state index in [4.69, 9.17) is 16.3 Å². The van der Waals surface area contributed by atoms with Crippen molar-refractivity contribution in [1.29, 1.82) is 0 Å². The molecule has 0 spiro atoms. The molecule has 0 saturated carbocycles. The number of carbonyl (C=O) groups is 1. The SMILES string of the molecule is COc1cc2ccccc2cc1C(=O)N/N=C\c1cccc(Cl)c1. The van der Waals surface area contributed by atoms with Crippen LogP contribution in [-0.4, -0.2) is 19.2 Å². The molecule has 0 radical (unpaired) electrons. The highest BCUT2D eigenvalue weighted by molar-refractivity contribution is 6.30. The number of ether oxygens (including phenoxy) is 1. The predicted octanol–water partition coefficient (Wildman–Crippen LogP) is 4.27. The van der Waals surface area contributed by atoms with E-state index < -0.39 is 0 Å². The maximum atomic E-state index is 12.4. The number of hydrazone groups is 1. The monoisotopic (exact) mass is 338 g/mol. The van der Waals surface area contributed by atoms with Gasteiger partial charge in [-0.2, -0.15) is 5.10 Å². The number of nitrogens with one attached hydrogen (secondary N) is 1. The molecular weight excluding hydrogens is 324 g/mol. The van der Waals surface area contributed by atoms with E-state index in [-0.39, 0.29) is 5.91 Å². The zero-order valence-corrected chi connectivity index (χ0v) is 13.7. The second-order valence-corrected chi connectivity index (χ2v) is 5.59. The van der Waals surface area contributed by atoms with Crippen molar-refractivity contribution in [1.82, 2.24) is 5.43 Å². The van der Waals surface area contributed by atoms with Gasteiger partial charge < -0.3 is 4.74 Å². The average Bonchev–Trinajstić information content (AvgIpc) is 2.60. The maximum absolute atomic E-state index is 12.4. The first-order chi connectivity index (χ1) is 11.7. The summed E-state index contributed by atoms with van der Waals surface area (Å²) < 4.78 is 5.32. The fourth-order valence-electron chi connectivity index (χ4n) is 2.38. The Kier molecular flexibility index (Phi) is 4.77. The molecule has 0 aliphatic rings. The van der Waals surface area contributed by atoms with Crippen molar-refractivity contribution >= 4 is 34.5 Å². The van der Waals surface area contributed by atoms with Gasteiger partial charge in [0.2, 0.25) is 0 Å². The van der Waals surface area contributed by atoms with Gasteiger partial charge in [0, 0.05) is 5.02 Å². The van der Waals surface area contributed by atoms with Gasteiger partial charge in [-0.3, -0.25) is 4.79 Å². The molecule has 0 aromatic heterocycles. The van der Waals surface area contributed by atoms with Crippen molar-refractivity contribution in [3.05, 3.63) is 76.8 Å². The molecule has 0 atom stereocenters.